The fourth-order valence-corrected chi connectivity index (χ4v) is 4.66. The number of piperidine rings is 1. The third-order valence-corrected chi connectivity index (χ3v) is 6.75. The number of likely N-dealkylation sites (tertiary alicyclic amines) is 1. The molecule has 2 aromatic rings. The van der Waals surface area contributed by atoms with Gasteiger partial charge in [-0.2, -0.15) is 0 Å². The summed E-state index contributed by atoms with van der Waals surface area (Å²) in [6.07, 6.45) is 2.86. The van der Waals surface area contributed by atoms with Gasteiger partial charge in [0.2, 0.25) is 0 Å². The minimum Gasteiger partial charge on any atom is -0.396 e. The van der Waals surface area contributed by atoms with E-state index >= 15 is 0 Å². The summed E-state index contributed by atoms with van der Waals surface area (Å²) < 4.78 is 0. The molecule has 4 N–H and O–H groups in total. The van der Waals surface area contributed by atoms with E-state index < -0.39 is 6.10 Å². The molecule has 0 aromatic heterocycles. The van der Waals surface area contributed by atoms with E-state index in [1.807, 2.05) is 0 Å². The van der Waals surface area contributed by atoms with Gasteiger partial charge in [0.05, 0.1) is 6.10 Å². The largest absolute Gasteiger partial charge is 0.396 e. The predicted octanol–water partition coefficient (Wildman–Crippen LogP) is 1.38. The molecule has 1 fully saturated rings. The number of carbonyl (C=O) groups is 2. The summed E-state index contributed by atoms with van der Waals surface area (Å²) >= 11 is 0. The van der Waals surface area contributed by atoms with Crippen molar-refractivity contribution < 1.29 is 19.8 Å². The fourth-order valence-electron chi connectivity index (χ4n) is 4.66. The molecule has 2 aliphatic rings. The molecule has 176 valence electrons. The first-order valence-corrected chi connectivity index (χ1v) is 11.8. The smallest absolute Gasteiger partial charge is 0.253 e. The topological polar surface area (TPSA) is 102 Å². The van der Waals surface area contributed by atoms with Gasteiger partial charge in [0, 0.05) is 50.0 Å². The number of rotatable bonds is 8. The number of benzene rings is 2. The van der Waals surface area contributed by atoms with Gasteiger partial charge in [0.15, 0.2) is 0 Å². The van der Waals surface area contributed by atoms with Crippen LogP contribution in [0.15, 0.2) is 48.5 Å². The molecule has 0 spiro atoms. The Balaban J connectivity index is 1.19. The van der Waals surface area contributed by atoms with Crippen molar-refractivity contribution in [3.8, 4) is 0 Å². The van der Waals surface area contributed by atoms with E-state index in [0.717, 1.165) is 25.7 Å². The van der Waals surface area contributed by atoms with Gasteiger partial charge >= 0.3 is 0 Å². The second-order valence-corrected chi connectivity index (χ2v) is 9.14. The molecule has 7 nitrogen and oxygen atoms in total. The summed E-state index contributed by atoms with van der Waals surface area (Å²) in [5.41, 5.74) is 3.72. The van der Waals surface area contributed by atoms with Crippen LogP contribution in [0, 0.1) is 5.92 Å². The van der Waals surface area contributed by atoms with E-state index in [-0.39, 0.29) is 30.9 Å². The normalized spacial score (nSPS) is 17.6. The molecule has 0 saturated carbocycles. The first-order chi connectivity index (χ1) is 16.0. The molecule has 1 aliphatic carbocycles. The first kappa shape index (κ1) is 23.4. The number of hydrogen-bond acceptors (Lipinski definition) is 5. The van der Waals surface area contributed by atoms with Crippen LogP contribution in [0.1, 0.15) is 44.7 Å². The molecule has 7 heteroatoms. The van der Waals surface area contributed by atoms with Gasteiger partial charge < -0.3 is 25.7 Å². The van der Waals surface area contributed by atoms with Gasteiger partial charge in [-0.3, -0.25) is 9.59 Å². The summed E-state index contributed by atoms with van der Waals surface area (Å²) in [6.45, 7) is 2.03. The van der Waals surface area contributed by atoms with Crippen molar-refractivity contribution in [2.24, 2.45) is 5.92 Å². The molecule has 0 radical (unpaired) electrons. The number of hydrogen-bond donors (Lipinski definition) is 4. The molecule has 0 bridgehead atoms. The minimum absolute atomic E-state index is 0.0473. The lowest BCUT2D eigenvalue weighted by molar-refractivity contribution is 0.0650. The molecule has 2 aromatic carbocycles. The van der Waals surface area contributed by atoms with E-state index in [1.54, 1.807) is 29.2 Å². The van der Waals surface area contributed by atoms with Crippen LogP contribution in [0.5, 0.6) is 0 Å². The van der Waals surface area contributed by atoms with Crippen LogP contribution >= 0.6 is 0 Å². The number of carbonyl (C=O) groups excluding carboxylic acids is 2. The number of nitrogens with one attached hydrogen (secondary N) is 2. The number of nitrogens with zero attached hydrogens (tertiary/aromatic N) is 1. The molecule has 1 heterocycles. The molecule has 1 saturated heterocycles. The highest BCUT2D eigenvalue weighted by molar-refractivity contribution is 5.97. The highest BCUT2D eigenvalue weighted by Gasteiger charge is 2.24. The monoisotopic (exact) mass is 451 g/mol. The maximum absolute atomic E-state index is 12.7. The first-order valence-electron chi connectivity index (χ1n) is 11.8. The highest BCUT2D eigenvalue weighted by Crippen LogP contribution is 2.21. The van der Waals surface area contributed by atoms with Gasteiger partial charge in [-0.15, -0.1) is 0 Å². The van der Waals surface area contributed by atoms with Crippen LogP contribution in [-0.2, 0) is 12.8 Å². The van der Waals surface area contributed by atoms with Crippen LogP contribution in [0.25, 0.3) is 0 Å². The van der Waals surface area contributed by atoms with Gasteiger partial charge in [0.25, 0.3) is 11.8 Å². The standard InChI is InChI=1S/C26H33N3O4/c30-17-18-9-11-29(12-10-18)26(33)20-7-5-19(6-8-20)25(32)28-16-24(31)15-27-23-13-21-3-1-2-4-22(21)14-23/h1-8,18,23-24,27,30-31H,9-17H2,(H,28,32). The molecule has 1 atom stereocenters. The van der Waals surface area contributed by atoms with Crippen molar-refractivity contribution in [3.05, 3.63) is 70.8 Å². The van der Waals surface area contributed by atoms with Gasteiger partial charge in [-0.25, -0.2) is 0 Å². The van der Waals surface area contributed by atoms with E-state index in [1.165, 1.54) is 11.1 Å². The Hall–Kier alpha value is -2.74. The van der Waals surface area contributed by atoms with E-state index in [4.69, 9.17) is 0 Å². The summed E-state index contributed by atoms with van der Waals surface area (Å²) in [6, 6.07) is 15.3. The molecule has 4 rings (SSSR count). The van der Waals surface area contributed by atoms with Crippen molar-refractivity contribution in [1.82, 2.24) is 15.5 Å². The van der Waals surface area contributed by atoms with Crippen molar-refractivity contribution in [3.63, 3.8) is 0 Å². The number of amides is 2. The summed E-state index contributed by atoms with van der Waals surface area (Å²) in [4.78, 5) is 26.9. The molecule has 33 heavy (non-hydrogen) atoms. The average Bonchev–Trinajstić information content (AvgIpc) is 3.29. The molecule has 2 amide bonds. The zero-order chi connectivity index (χ0) is 23.2. The van der Waals surface area contributed by atoms with Crippen LogP contribution in [0.3, 0.4) is 0 Å². The maximum Gasteiger partial charge on any atom is 0.253 e. The predicted molar refractivity (Wildman–Crippen MR) is 126 cm³/mol. The van der Waals surface area contributed by atoms with Crippen molar-refractivity contribution >= 4 is 11.8 Å². The summed E-state index contributed by atoms with van der Waals surface area (Å²) in [7, 11) is 0. The van der Waals surface area contributed by atoms with Crippen LogP contribution < -0.4 is 10.6 Å². The Morgan fingerprint density at radius 1 is 0.939 bits per heavy atom. The summed E-state index contributed by atoms with van der Waals surface area (Å²) in [5.74, 6) is -0.0425. The number of aliphatic hydroxyl groups is 2. The molecular formula is C26H33N3O4. The minimum atomic E-state index is -0.680. The van der Waals surface area contributed by atoms with Gasteiger partial charge in [-0.1, -0.05) is 24.3 Å². The van der Waals surface area contributed by atoms with Crippen molar-refractivity contribution in [2.75, 3.05) is 32.8 Å². The van der Waals surface area contributed by atoms with E-state index in [0.29, 0.717) is 36.8 Å². The second kappa shape index (κ2) is 10.9. The Morgan fingerprint density at radius 2 is 1.55 bits per heavy atom. The zero-order valence-corrected chi connectivity index (χ0v) is 18.9. The second-order valence-electron chi connectivity index (χ2n) is 9.14. The number of aliphatic hydroxyl groups excluding tert-OH is 2. The molecule has 1 unspecified atom stereocenters. The Kier molecular flexibility index (Phi) is 7.75. The Labute approximate surface area is 194 Å². The zero-order valence-electron chi connectivity index (χ0n) is 18.9. The third-order valence-electron chi connectivity index (χ3n) is 6.75. The lowest BCUT2D eigenvalue weighted by atomic mass is 9.97. The van der Waals surface area contributed by atoms with Gasteiger partial charge in [0.1, 0.15) is 0 Å². The van der Waals surface area contributed by atoms with Gasteiger partial charge in [-0.05, 0) is 67.0 Å². The van der Waals surface area contributed by atoms with Crippen LogP contribution in [-0.4, -0.2) is 71.9 Å². The van der Waals surface area contributed by atoms with Crippen molar-refractivity contribution in [1.29, 1.82) is 0 Å². The Bertz CT molecular complexity index is 929. The lowest BCUT2D eigenvalue weighted by Crippen LogP contribution is -2.41. The average molecular weight is 452 g/mol. The van der Waals surface area contributed by atoms with Crippen LogP contribution in [0.2, 0.25) is 0 Å². The fraction of sp³-hybridized carbons (Fsp3) is 0.462. The summed E-state index contributed by atoms with van der Waals surface area (Å²) in [5, 5.41) is 25.7. The molecular weight excluding hydrogens is 418 g/mol. The maximum atomic E-state index is 12.7. The van der Waals surface area contributed by atoms with Crippen molar-refractivity contribution in [2.45, 2.75) is 37.8 Å². The third kappa shape index (κ3) is 5.99. The van der Waals surface area contributed by atoms with E-state index in [2.05, 4.69) is 34.9 Å². The van der Waals surface area contributed by atoms with E-state index in [9.17, 15) is 19.8 Å². The SMILES string of the molecule is O=C(NCC(O)CNC1Cc2ccccc2C1)c1ccc(C(=O)N2CCC(CO)CC2)cc1. The quantitative estimate of drug-likeness (QED) is 0.486. The molecule has 1 aliphatic heterocycles. The lowest BCUT2D eigenvalue weighted by Gasteiger charge is -2.31. The number of fused-ring (bicyclic) bond motifs is 1. The highest BCUT2D eigenvalue weighted by atomic mass is 16.3. The Morgan fingerprint density at radius 3 is 2.15 bits per heavy atom. The van der Waals surface area contributed by atoms with Crippen LogP contribution in [0.4, 0.5) is 0 Å².